The van der Waals surface area contributed by atoms with Gasteiger partial charge in [-0.3, -0.25) is 14.4 Å². The van der Waals surface area contributed by atoms with Crippen LogP contribution in [0.15, 0.2) is 55.6 Å². The van der Waals surface area contributed by atoms with E-state index in [4.69, 9.17) is 4.74 Å². The van der Waals surface area contributed by atoms with E-state index in [9.17, 15) is 19.5 Å². The molecule has 3 aliphatic heterocycles. The number of hydrogen-bond acceptors (Lipinski definition) is 6. The molecule has 3 fully saturated rings. The van der Waals surface area contributed by atoms with Gasteiger partial charge < -0.3 is 19.6 Å². The van der Waals surface area contributed by atoms with Gasteiger partial charge in [0, 0.05) is 17.3 Å². The molecule has 6 atom stereocenters. The van der Waals surface area contributed by atoms with Crippen molar-refractivity contribution in [1.29, 1.82) is 0 Å². The summed E-state index contributed by atoms with van der Waals surface area (Å²) in [6, 6.07) is 7.69. The number of aliphatic hydroxyl groups is 1. The zero-order valence-corrected chi connectivity index (χ0v) is 23.5. The first kappa shape index (κ1) is 28.4. The minimum Gasteiger partial charge on any atom is -0.465 e. The van der Waals surface area contributed by atoms with Crippen molar-refractivity contribution < 1.29 is 24.2 Å². The second kappa shape index (κ2) is 11.3. The monoisotopic (exact) mass is 540 g/mol. The Morgan fingerprint density at radius 3 is 2.55 bits per heavy atom. The molecule has 1 aromatic carbocycles. The summed E-state index contributed by atoms with van der Waals surface area (Å²) in [6.45, 7) is 13.8. The lowest BCUT2D eigenvalue weighted by Crippen LogP contribution is -2.57. The molecular weight excluding hydrogens is 500 g/mol. The number of thioether (sulfide) groups is 1. The van der Waals surface area contributed by atoms with Crippen LogP contribution in [0.3, 0.4) is 0 Å². The van der Waals surface area contributed by atoms with Crippen molar-refractivity contribution in [3.8, 4) is 0 Å². The molecule has 0 aromatic heterocycles. The minimum absolute atomic E-state index is 0.109. The van der Waals surface area contributed by atoms with Gasteiger partial charge in [0.15, 0.2) is 0 Å². The molecule has 8 heteroatoms. The Kier molecular flexibility index (Phi) is 8.43. The first-order valence-corrected chi connectivity index (χ1v) is 14.4. The number of carbonyl (C=O) groups excluding carboxylic acids is 3. The van der Waals surface area contributed by atoms with E-state index in [1.54, 1.807) is 33.7 Å². The SMILES string of the molecule is C=CCCCOC(=O)[C@@H]1[C@H]2C(=O)N([C@H](CO)c3ccccc3)C(C(=O)N(CC=C)C(C)C)C23CC[C@@]1(C)S3. The van der Waals surface area contributed by atoms with Crippen molar-refractivity contribution >= 4 is 29.5 Å². The largest absolute Gasteiger partial charge is 0.465 e. The number of nitrogens with zero attached hydrogens (tertiary/aromatic N) is 2. The van der Waals surface area contributed by atoms with E-state index in [1.807, 2.05) is 51.1 Å². The fraction of sp³-hybridized carbons (Fsp3) is 0.567. The molecule has 3 aliphatic rings. The number of aliphatic hydroxyl groups excluding tert-OH is 1. The third-order valence-corrected chi connectivity index (χ3v) is 10.4. The van der Waals surface area contributed by atoms with Crippen molar-refractivity contribution in [2.24, 2.45) is 11.8 Å². The van der Waals surface area contributed by atoms with Crippen LogP contribution in [-0.2, 0) is 19.1 Å². The second-order valence-corrected chi connectivity index (χ2v) is 13.0. The van der Waals surface area contributed by atoms with Crippen molar-refractivity contribution in [3.05, 3.63) is 61.2 Å². The van der Waals surface area contributed by atoms with Crippen LogP contribution in [-0.4, -0.2) is 74.0 Å². The normalized spacial score (nSPS) is 30.3. The summed E-state index contributed by atoms with van der Waals surface area (Å²) in [6.07, 6.45) is 6.25. The Labute approximate surface area is 230 Å². The topological polar surface area (TPSA) is 87.1 Å². The highest BCUT2D eigenvalue weighted by Crippen LogP contribution is 2.72. The molecule has 2 amide bonds. The summed E-state index contributed by atoms with van der Waals surface area (Å²) >= 11 is 1.61. The van der Waals surface area contributed by atoms with E-state index in [-0.39, 0.29) is 37.0 Å². The highest BCUT2D eigenvalue weighted by atomic mass is 32.2. The van der Waals surface area contributed by atoms with E-state index in [0.29, 0.717) is 25.8 Å². The molecular formula is C30H40N2O5S. The van der Waals surface area contributed by atoms with Crippen molar-refractivity contribution in [2.75, 3.05) is 19.8 Å². The predicted octanol–water partition coefficient (Wildman–Crippen LogP) is 4.13. The summed E-state index contributed by atoms with van der Waals surface area (Å²) < 4.78 is 4.43. The van der Waals surface area contributed by atoms with Crippen molar-refractivity contribution in [2.45, 2.75) is 74.1 Å². The summed E-state index contributed by atoms with van der Waals surface area (Å²) in [5, 5.41) is 10.6. The maximum Gasteiger partial charge on any atom is 0.311 e. The fourth-order valence-corrected chi connectivity index (χ4v) is 9.03. The first-order chi connectivity index (χ1) is 18.2. The minimum atomic E-state index is -0.815. The van der Waals surface area contributed by atoms with Crippen LogP contribution >= 0.6 is 11.8 Å². The molecule has 38 heavy (non-hydrogen) atoms. The van der Waals surface area contributed by atoms with Crippen molar-refractivity contribution in [3.63, 3.8) is 0 Å². The Morgan fingerprint density at radius 2 is 1.95 bits per heavy atom. The average Bonchev–Trinajstić information content (AvgIpc) is 3.47. The van der Waals surface area contributed by atoms with E-state index in [2.05, 4.69) is 13.2 Å². The van der Waals surface area contributed by atoms with Gasteiger partial charge >= 0.3 is 5.97 Å². The number of likely N-dealkylation sites (tertiary alicyclic amines) is 1. The number of ether oxygens (including phenoxy) is 1. The zero-order valence-electron chi connectivity index (χ0n) is 22.7. The average molecular weight is 541 g/mol. The summed E-state index contributed by atoms with van der Waals surface area (Å²) in [5.74, 6) is -2.13. The summed E-state index contributed by atoms with van der Waals surface area (Å²) in [5.41, 5.74) is 0.756. The first-order valence-electron chi connectivity index (χ1n) is 13.5. The maximum absolute atomic E-state index is 14.4. The molecule has 3 saturated heterocycles. The Hall–Kier alpha value is -2.58. The second-order valence-electron chi connectivity index (χ2n) is 11.1. The number of unbranched alkanes of at least 4 members (excludes halogenated alkanes) is 1. The van der Waals surface area contributed by atoms with Gasteiger partial charge in [0.1, 0.15) is 6.04 Å². The van der Waals surface area contributed by atoms with Gasteiger partial charge in [-0.2, -0.15) is 0 Å². The van der Waals surface area contributed by atoms with Crippen LogP contribution in [0.25, 0.3) is 0 Å². The third kappa shape index (κ3) is 4.60. The number of amides is 2. The quantitative estimate of drug-likeness (QED) is 0.244. The van der Waals surface area contributed by atoms with Gasteiger partial charge in [-0.25, -0.2) is 0 Å². The lowest BCUT2D eigenvalue weighted by molar-refractivity contribution is -0.156. The van der Waals surface area contributed by atoms with Crippen LogP contribution < -0.4 is 0 Å². The van der Waals surface area contributed by atoms with Crippen LogP contribution in [0.2, 0.25) is 0 Å². The van der Waals surface area contributed by atoms with Crippen LogP contribution in [0.5, 0.6) is 0 Å². The van der Waals surface area contributed by atoms with Gasteiger partial charge in [-0.05, 0) is 52.0 Å². The Bertz CT molecular complexity index is 1080. The van der Waals surface area contributed by atoms with E-state index in [0.717, 1.165) is 12.0 Å². The van der Waals surface area contributed by atoms with Gasteiger partial charge in [-0.1, -0.05) is 42.5 Å². The van der Waals surface area contributed by atoms with Gasteiger partial charge in [0.05, 0.1) is 35.8 Å². The van der Waals surface area contributed by atoms with E-state index < -0.39 is 33.4 Å². The molecule has 0 radical (unpaired) electrons. The number of rotatable bonds is 12. The lowest BCUT2D eigenvalue weighted by Gasteiger charge is -2.40. The summed E-state index contributed by atoms with van der Waals surface area (Å²) in [7, 11) is 0. The van der Waals surface area contributed by atoms with Gasteiger partial charge in [-0.15, -0.1) is 24.9 Å². The highest BCUT2D eigenvalue weighted by Gasteiger charge is 2.78. The smallest absolute Gasteiger partial charge is 0.311 e. The Morgan fingerprint density at radius 1 is 1.24 bits per heavy atom. The fourth-order valence-electron chi connectivity index (χ4n) is 6.71. The number of carbonyl (C=O) groups is 3. The summed E-state index contributed by atoms with van der Waals surface area (Å²) in [4.78, 5) is 45.7. The zero-order chi connectivity index (χ0) is 27.7. The number of allylic oxidation sites excluding steroid dienone is 1. The molecule has 1 N–H and O–H groups in total. The molecule has 0 aliphatic carbocycles. The van der Waals surface area contributed by atoms with Crippen molar-refractivity contribution in [1.82, 2.24) is 9.80 Å². The molecule has 206 valence electrons. The van der Waals surface area contributed by atoms with Gasteiger partial charge in [0.25, 0.3) is 0 Å². The Balaban J connectivity index is 1.80. The maximum atomic E-state index is 14.4. The lowest BCUT2D eigenvalue weighted by atomic mass is 9.66. The van der Waals surface area contributed by atoms with E-state index in [1.165, 1.54) is 0 Å². The molecule has 2 unspecified atom stereocenters. The van der Waals surface area contributed by atoms with Crippen LogP contribution in [0, 0.1) is 11.8 Å². The molecule has 0 saturated carbocycles. The van der Waals surface area contributed by atoms with E-state index >= 15 is 0 Å². The molecule has 1 spiro atoms. The molecule has 4 rings (SSSR count). The highest BCUT2D eigenvalue weighted by molar-refractivity contribution is 8.02. The molecule has 2 bridgehead atoms. The number of esters is 1. The standard InChI is InChI=1S/C30H40N2O5S/c1-6-8-12-18-37-28(36)24-23-26(34)32(22(19-33)21-13-10-9-11-14-21)25(27(35)31(17-7-2)20(3)4)30(23)16-15-29(24,5)38-30/h6-7,9-11,13-14,20,22-25,33H,1-2,8,12,15-19H2,3-5H3/t22-,23+,24+,25?,29-,30?/m1/s1. The molecule has 3 heterocycles. The molecule has 1 aromatic rings. The number of fused-ring (bicyclic) bond motifs is 1. The third-order valence-electron chi connectivity index (χ3n) is 8.42. The predicted molar refractivity (Wildman–Crippen MR) is 149 cm³/mol. The van der Waals surface area contributed by atoms with Gasteiger partial charge in [0.2, 0.25) is 11.8 Å². The number of hydrogen-bond donors (Lipinski definition) is 1. The van der Waals surface area contributed by atoms with Crippen LogP contribution in [0.1, 0.15) is 58.1 Å². The number of benzene rings is 1. The molecule has 7 nitrogen and oxygen atoms in total. The van der Waals surface area contributed by atoms with Crippen LogP contribution in [0.4, 0.5) is 0 Å².